The van der Waals surface area contributed by atoms with Crippen molar-refractivity contribution in [2.24, 2.45) is 0 Å². The van der Waals surface area contributed by atoms with Gasteiger partial charge in [-0.15, -0.1) is 5.10 Å². The van der Waals surface area contributed by atoms with E-state index in [2.05, 4.69) is 15.4 Å². The predicted molar refractivity (Wildman–Crippen MR) is 87.8 cm³/mol. The van der Waals surface area contributed by atoms with E-state index in [1.54, 1.807) is 43.3 Å². The molecule has 2 aromatic heterocycles. The van der Waals surface area contributed by atoms with Crippen molar-refractivity contribution < 1.29 is 14.3 Å². The Labute approximate surface area is 137 Å². The first-order chi connectivity index (χ1) is 11.5. The van der Waals surface area contributed by atoms with Gasteiger partial charge in [-0.25, -0.2) is 9.50 Å². The number of imidazole rings is 1. The summed E-state index contributed by atoms with van der Waals surface area (Å²) in [7, 11) is 0. The van der Waals surface area contributed by atoms with Gasteiger partial charge in [0.1, 0.15) is 5.75 Å². The van der Waals surface area contributed by atoms with Crippen LogP contribution in [0.25, 0.3) is 5.65 Å². The summed E-state index contributed by atoms with van der Waals surface area (Å²) >= 11 is 0. The zero-order valence-electron chi connectivity index (χ0n) is 12.9. The molecule has 3 aromatic rings. The van der Waals surface area contributed by atoms with Crippen molar-refractivity contribution in [3.05, 3.63) is 42.6 Å². The molecule has 1 aromatic carbocycles. The third-order valence-electron chi connectivity index (χ3n) is 3.19. The Morgan fingerprint density at radius 3 is 2.88 bits per heavy atom. The second-order valence-electron chi connectivity index (χ2n) is 5.01. The van der Waals surface area contributed by atoms with Crippen LogP contribution in [0.3, 0.4) is 0 Å². The maximum atomic E-state index is 11.6. The van der Waals surface area contributed by atoms with E-state index < -0.39 is 11.7 Å². The van der Waals surface area contributed by atoms with Crippen LogP contribution in [-0.2, 0) is 9.59 Å². The lowest BCUT2D eigenvalue weighted by Gasteiger charge is -2.05. The third-order valence-corrected chi connectivity index (χ3v) is 3.19. The van der Waals surface area contributed by atoms with Gasteiger partial charge in [0.15, 0.2) is 11.5 Å². The minimum absolute atomic E-state index is 0.135. The monoisotopic (exact) mass is 325 g/mol. The molecule has 0 saturated heterocycles. The van der Waals surface area contributed by atoms with E-state index in [1.165, 1.54) is 10.7 Å². The molecule has 0 aliphatic carbocycles. The lowest BCUT2D eigenvalue weighted by atomic mass is 10.3. The highest BCUT2D eigenvalue weighted by Gasteiger charge is 2.13. The van der Waals surface area contributed by atoms with Crippen LogP contribution >= 0.6 is 0 Å². The van der Waals surface area contributed by atoms with E-state index in [9.17, 15) is 9.59 Å². The summed E-state index contributed by atoms with van der Waals surface area (Å²) in [5.74, 6) is -0.0599. The summed E-state index contributed by atoms with van der Waals surface area (Å²) in [4.78, 5) is 27.1. The molecule has 0 aliphatic rings. The highest BCUT2D eigenvalue weighted by molar-refractivity contribution is 6.40. The number of Topliss-reactive ketones (excluding diaryl/α,β-unsaturated/α-hetero) is 1. The topological polar surface area (TPSA) is 112 Å². The lowest BCUT2D eigenvalue weighted by Crippen LogP contribution is -2.21. The molecule has 0 unspecified atom stereocenters. The van der Waals surface area contributed by atoms with Gasteiger partial charge in [0.25, 0.3) is 5.91 Å². The van der Waals surface area contributed by atoms with E-state index in [1.807, 2.05) is 0 Å². The van der Waals surface area contributed by atoms with Crippen LogP contribution in [0.15, 0.2) is 42.6 Å². The molecule has 0 radical (unpaired) electrons. The van der Waals surface area contributed by atoms with Crippen molar-refractivity contribution in [1.29, 1.82) is 0 Å². The smallest absolute Gasteiger partial charge is 0.292 e. The number of aromatic nitrogens is 3. The van der Waals surface area contributed by atoms with Gasteiger partial charge in [0.2, 0.25) is 11.7 Å². The van der Waals surface area contributed by atoms with Crippen molar-refractivity contribution in [2.75, 3.05) is 11.1 Å². The standard InChI is InChI=1S/C16H15N5O3/c1-2-12(22)16(23)19-13-9-21-14(18-13)6-7-15(20-21)24-11-5-3-4-10(17)8-11/h3-9H,2,17H2,1H3,(H,19,23). The number of ketones is 1. The molecule has 0 spiro atoms. The molecule has 0 fully saturated rings. The molecule has 0 aliphatic heterocycles. The number of carbonyl (C=O) groups is 2. The van der Waals surface area contributed by atoms with E-state index in [4.69, 9.17) is 10.5 Å². The molecule has 8 nitrogen and oxygen atoms in total. The Bertz CT molecular complexity index is 919. The Balaban J connectivity index is 1.81. The van der Waals surface area contributed by atoms with Crippen molar-refractivity contribution in [3.63, 3.8) is 0 Å². The Morgan fingerprint density at radius 2 is 2.12 bits per heavy atom. The molecule has 2 heterocycles. The minimum Gasteiger partial charge on any atom is -0.438 e. The van der Waals surface area contributed by atoms with E-state index >= 15 is 0 Å². The average Bonchev–Trinajstić information content (AvgIpc) is 2.95. The van der Waals surface area contributed by atoms with Crippen LogP contribution in [0.1, 0.15) is 13.3 Å². The van der Waals surface area contributed by atoms with E-state index in [-0.39, 0.29) is 12.2 Å². The van der Waals surface area contributed by atoms with Gasteiger partial charge in [-0.2, -0.15) is 0 Å². The zero-order valence-corrected chi connectivity index (χ0v) is 12.9. The second-order valence-corrected chi connectivity index (χ2v) is 5.01. The Kier molecular flexibility index (Phi) is 4.11. The molecule has 8 heteroatoms. The molecule has 24 heavy (non-hydrogen) atoms. The molecule has 122 valence electrons. The molecular weight excluding hydrogens is 310 g/mol. The van der Waals surface area contributed by atoms with Crippen molar-refractivity contribution in [2.45, 2.75) is 13.3 Å². The normalized spacial score (nSPS) is 10.5. The number of fused-ring (bicyclic) bond motifs is 1. The third kappa shape index (κ3) is 3.32. The number of benzene rings is 1. The number of amides is 1. The number of nitrogens with one attached hydrogen (secondary N) is 1. The van der Waals surface area contributed by atoms with Gasteiger partial charge < -0.3 is 15.8 Å². The highest BCUT2D eigenvalue weighted by Crippen LogP contribution is 2.22. The Hall–Kier alpha value is -3.42. The number of ether oxygens (including phenoxy) is 1. The molecule has 1 amide bonds. The van der Waals surface area contributed by atoms with Crippen LogP contribution in [-0.4, -0.2) is 26.3 Å². The minimum atomic E-state index is -0.697. The van der Waals surface area contributed by atoms with Gasteiger partial charge in [-0.3, -0.25) is 9.59 Å². The van der Waals surface area contributed by atoms with Crippen LogP contribution in [0.5, 0.6) is 11.6 Å². The summed E-state index contributed by atoms with van der Waals surface area (Å²) in [6.07, 6.45) is 1.64. The Morgan fingerprint density at radius 1 is 1.29 bits per heavy atom. The molecule has 0 atom stereocenters. The fourth-order valence-corrected chi connectivity index (χ4v) is 2.02. The fourth-order valence-electron chi connectivity index (χ4n) is 2.02. The first-order valence-corrected chi connectivity index (χ1v) is 7.29. The molecule has 3 rings (SSSR count). The molecule has 0 bridgehead atoms. The van der Waals surface area contributed by atoms with Crippen molar-refractivity contribution >= 4 is 28.8 Å². The average molecular weight is 325 g/mol. The summed E-state index contributed by atoms with van der Waals surface area (Å²) in [5.41, 5.74) is 6.80. The summed E-state index contributed by atoms with van der Waals surface area (Å²) in [6, 6.07) is 10.3. The second kappa shape index (κ2) is 6.37. The lowest BCUT2D eigenvalue weighted by molar-refractivity contribution is -0.134. The van der Waals surface area contributed by atoms with E-state index in [0.717, 1.165) is 0 Å². The van der Waals surface area contributed by atoms with Crippen molar-refractivity contribution in [3.8, 4) is 11.6 Å². The fraction of sp³-hybridized carbons (Fsp3) is 0.125. The van der Waals surface area contributed by atoms with Crippen LogP contribution in [0.2, 0.25) is 0 Å². The number of hydrogen-bond donors (Lipinski definition) is 2. The van der Waals surface area contributed by atoms with Crippen LogP contribution < -0.4 is 15.8 Å². The maximum absolute atomic E-state index is 11.6. The van der Waals surface area contributed by atoms with Gasteiger partial charge in [-0.1, -0.05) is 13.0 Å². The number of hydrogen-bond acceptors (Lipinski definition) is 6. The van der Waals surface area contributed by atoms with Crippen LogP contribution in [0, 0.1) is 0 Å². The van der Waals surface area contributed by atoms with Gasteiger partial charge in [0, 0.05) is 24.2 Å². The molecule has 3 N–H and O–H groups in total. The number of carbonyl (C=O) groups excluding carboxylic acids is 2. The number of nitrogens with two attached hydrogens (primary N) is 1. The zero-order chi connectivity index (χ0) is 17.1. The SMILES string of the molecule is CCC(=O)C(=O)Nc1cn2nc(Oc3cccc(N)c3)ccc2n1. The van der Waals surface area contributed by atoms with Gasteiger partial charge in [-0.05, 0) is 18.2 Å². The highest BCUT2D eigenvalue weighted by atomic mass is 16.5. The molecule has 0 saturated carbocycles. The van der Waals surface area contributed by atoms with Gasteiger partial charge >= 0.3 is 0 Å². The number of anilines is 2. The summed E-state index contributed by atoms with van der Waals surface area (Å²) in [5, 5.41) is 6.69. The summed E-state index contributed by atoms with van der Waals surface area (Å²) < 4.78 is 7.08. The number of rotatable bonds is 5. The maximum Gasteiger partial charge on any atom is 0.292 e. The number of nitrogens with zero attached hydrogens (tertiary/aromatic N) is 3. The van der Waals surface area contributed by atoms with Crippen LogP contribution in [0.4, 0.5) is 11.5 Å². The molecular formula is C16H15N5O3. The predicted octanol–water partition coefficient (Wildman–Crippen LogP) is 2.02. The largest absolute Gasteiger partial charge is 0.438 e. The van der Waals surface area contributed by atoms with E-state index in [0.29, 0.717) is 23.0 Å². The summed E-state index contributed by atoms with van der Waals surface area (Å²) in [6.45, 7) is 1.62. The van der Waals surface area contributed by atoms with Crippen molar-refractivity contribution in [1.82, 2.24) is 14.6 Å². The quantitative estimate of drug-likeness (QED) is 0.548. The first kappa shape index (κ1) is 15.5. The first-order valence-electron chi connectivity index (χ1n) is 7.29. The van der Waals surface area contributed by atoms with Gasteiger partial charge in [0.05, 0.1) is 6.20 Å². The number of nitrogen functional groups attached to an aromatic ring is 1.